The van der Waals surface area contributed by atoms with Crippen LogP contribution in [0.4, 0.5) is 0 Å². The molecule has 0 spiro atoms. The van der Waals surface area contributed by atoms with Crippen LogP contribution in [0.2, 0.25) is 10.0 Å². The minimum Gasteiger partial charge on any atom is -0.481 e. The third-order valence-corrected chi connectivity index (χ3v) is 6.90. The van der Waals surface area contributed by atoms with Crippen LogP contribution in [-0.4, -0.2) is 40.1 Å². The van der Waals surface area contributed by atoms with Gasteiger partial charge in [-0.25, -0.2) is 4.98 Å². The predicted molar refractivity (Wildman–Crippen MR) is 153 cm³/mol. The number of ether oxygens (including phenoxy) is 2. The van der Waals surface area contributed by atoms with Crippen molar-refractivity contribution in [3.05, 3.63) is 93.9 Å². The third kappa shape index (κ3) is 6.83. The minimum absolute atomic E-state index is 0.0690. The average Bonchev–Trinajstić information content (AvgIpc) is 3.33. The van der Waals surface area contributed by atoms with Crippen molar-refractivity contribution >= 4 is 46.9 Å². The SMILES string of the molecule is CCn1cc(-c2ccc(Cl)cc2Cl)nc1C=Cc1cccc(C2=CCC(OC)(OCCCC(=O)O)C=C2)c1. The molecule has 0 bridgehead atoms. The Morgan fingerprint density at radius 2 is 2.05 bits per heavy atom. The number of aromatic nitrogens is 2. The Bertz CT molecular complexity index is 1390. The average molecular weight is 553 g/mol. The number of hydrogen-bond donors (Lipinski definition) is 1. The van der Waals surface area contributed by atoms with Crippen molar-refractivity contribution in [1.82, 2.24) is 9.55 Å². The number of carboxylic acids is 1. The van der Waals surface area contributed by atoms with Gasteiger partial charge >= 0.3 is 5.97 Å². The van der Waals surface area contributed by atoms with Gasteiger partial charge in [0.2, 0.25) is 0 Å². The van der Waals surface area contributed by atoms with Crippen molar-refractivity contribution in [1.29, 1.82) is 0 Å². The lowest BCUT2D eigenvalue weighted by Gasteiger charge is -2.31. The van der Waals surface area contributed by atoms with Gasteiger partial charge in [-0.15, -0.1) is 0 Å². The molecule has 1 unspecified atom stereocenters. The molecule has 0 saturated heterocycles. The first kappa shape index (κ1) is 27.9. The summed E-state index contributed by atoms with van der Waals surface area (Å²) in [5.74, 6) is -0.873. The standard InChI is InChI=1S/C30H30Cl2N2O4/c1-3-34-20-27(25-11-10-24(31)19-26(25)32)33-28(34)12-9-21-6-4-7-23(18-21)22-13-15-30(37-2,16-14-22)38-17-5-8-29(35)36/h4,6-7,9-15,18-20H,3,5,8,16-17H2,1-2H3,(H,35,36). The zero-order valence-electron chi connectivity index (χ0n) is 21.4. The van der Waals surface area contributed by atoms with Gasteiger partial charge in [-0.2, -0.15) is 0 Å². The van der Waals surface area contributed by atoms with Crippen LogP contribution in [0.15, 0.2) is 66.9 Å². The summed E-state index contributed by atoms with van der Waals surface area (Å²) in [6.45, 7) is 3.16. The van der Waals surface area contributed by atoms with Crippen LogP contribution in [-0.2, 0) is 20.8 Å². The number of benzene rings is 2. The molecule has 0 aliphatic heterocycles. The van der Waals surface area contributed by atoms with Gasteiger partial charge in [0.25, 0.3) is 0 Å². The number of rotatable bonds is 11. The lowest BCUT2D eigenvalue weighted by molar-refractivity contribution is -0.187. The number of methoxy groups -OCH3 is 1. The summed E-state index contributed by atoms with van der Waals surface area (Å²) in [6, 6.07) is 13.7. The molecular weight excluding hydrogens is 523 g/mol. The van der Waals surface area contributed by atoms with Crippen molar-refractivity contribution in [2.75, 3.05) is 13.7 Å². The summed E-state index contributed by atoms with van der Waals surface area (Å²) in [6.07, 6.45) is 13.0. The first-order valence-corrected chi connectivity index (χ1v) is 13.2. The molecule has 4 rings (SSSR count). The normalized spacial score (nSPS) is 17.2. The number of carboxylic acid groups (broad SMARTS) is 1. The fraction of sp³-hybridized carbons (Fsp3) is 0.267. The highest BCUT2D eigenvalue weighted by atomic mass is 35.5. The van der Waals surface area contributed by atoms with E-state index in [1.165, 1.54) is 0 Å². The van der Waals surface area contributed by atoms with Crippen molar-refractivity contribution in [2.24, 2.45) is 0 Å². The Labute approximate surface area is 232 Å². The summed E-state index contributed by atoms with van der Waals surface area (Å²) >= 11 is 12.5. The molecular formula is C30H30Cl2N2O4. The summed E-state index contributed by atoms with van der Waals surface area (Å²) in [5.41, 5.74) is 4.82. The van der Waals surface area contributed by atoms with Crippen molar-refractivity contribution < 1.29 is 19.4 Å². The van der Waals surface area contributed by atoms with E-state index < -0.39 is 11.8 Å². The summed E-state index contributed by atoms with van der Waals surface area (Å²) in [7, 11) is 1.60. The number of carbonyl (C=O) groups is 1. The molecule has 1 atom stereocenters. The lowest BCUT2D eigenvalue weighted by Crippen LogP contribution is -2.33. The third-order valence-electron chi connectivity index (χ3n) is 6.35. The molecule has 6 nitrogen and oxygen atoms in total. The quantitative estimate of drug-likeness (QED) is 0.195. The second-order valence-electron chi connectivity index (χ2n) is 8.91. The van der Waals surface area contributed by atoms with Crippen molar-refractivity contribution in [3.63, 3.8) is 0 Å². The van der Waals surface area contributed by atoms with Gasteiger partial charge in [0, 0.05) is 43.3 Å². The number of hydrogen-bond acceptors (Lipinski definition) is 4. The molecule has 0 amide bonds. The van der Waals surface area contributed by atoms with Crippen molar-refractivity contribution in [3.8, 4) is 11.3 Å². The predicted octanol–water partition coefficient (Wildman–Crippen LogP) is 7.61. The van der Waals surface area contributed by atoms with E-state index in [2.05, 4.69) is 29.7 Å². The van der Waals surface area contributed by atoms with E-state index in [0.29, 0.717) is 29.5 Å². The van der Waals surface area contributed by atoms with Gasteiger partial charge < -0.3 is 19.1 Å². The Morgan fingerprint density at radius 1 is 1.21 bits per heavy atom. The second-order valence-corrected chi connectivity index (χ2v) is 9.76. The summed E-state index contributed by atoms with van der Waals surface area (Å²) in [5, 5.41) is 9.98. The van der Waals surface area contributed by atoms with E-state index in [1.54, 1.807) is 13.2 Å². The van der Waals surface area contributed by atoms with Gasteiger partial charge in [0.1, 0.15) is 5.82 Å². The molecule has 0 saturated carbocycles. The van der Waals surface area contributed by atoms with Gasteiger partial charge in [-0.05, 0) is 66.5 Å². The first-order valence-electron chi connectivity index (χ1n) is 12.4. The van der Waals surface area contributed by atoms with Gasteiger partial charge in [-0.3, -0.25) is 4.79 Å². The minimum atomic E-state index is -0.874. The van der Waals surface area contributed by atoms with Gasteiger partial charge in [0.05, 0.1) is 17.3 Å². The van der Waals surface area contributed by atoms with Crippen LogP contribution in [0.3, 0.4) is 0 Å². The highest BCUT2D eigenvalue weighted by Crippen LogP contribution is 2.32. The van der Waals surface area contributed by atoms with Crippen LogP contribution < -0.4 is 0 Å². The smallest absolute Gasteiger partial charge is 0.303 e. The Morgan fingerprint density at radius 3 is 2.74 bits per heavy atom. The molecule has 0 radical (unpaired) electrons. The largest absolute Gasteiger partial charge is 0.481 e. The van der Waals surface area contributed by atoms with E-state index in [1.807, 2.05) is 54.8 Å². The van der Waals surface area contributed by atoms with Crippen molar-refractivity contribution in [2.45, 2.75) is 38.5 Å². The van der Waals surface area contributed by atoms with E-state index in [4.69, 9.17) is 42.8 Å². The van der Waals surface area contributed by atoms with Crippen LogP contribution in [0.1, 0.15) is 43.1 Å². The zero-order chi connectivity index (χ0) is 27.1. The summed E-state index contributed by atoms with van der Waals surface area (Å²) < 4.78 is 13.6. The molecule has 198 valence electrons. The number of aliphatic carboxylic acids is 1. The fourth-order valence-corrected chi connectivity index (χ4v) is 4.75. The molecule has 1 aliphatic carbocycles. The molecule has 2 aromatic carbocycles. The number of halogens is 2. The summed E-state index contributed by atoms with van der Waals surface area (Å²) in [4.78, 5) is 15.5. The molecule has 1 aromatic heterocycles. The van der Waals surface area contributed by atoms with Crippen LogP contribution in [0, 0.1) is 0 Å². The van der Waals surface area contributed by atoms with Crippen LogP contribution in [0.5, 0.6) is 0 Å². The highest BCUT2D eigenvalue weighted by Gasteiger charge is 2.29. The first-order chi connectivity index (χ1) is 18.3. The lowest BCUT2D eigenvalue weighted by atomic mass is 9.95. The number of nitrogens with zero attached hydrogens (tertiary/aromatic N) is 2. The number of imidazole rings is 1. The van der Waals surface area contributed by atoms with E-state index >= 15 is 0 Å². The second kappa shape index (κ2) is 12.6. The molecule has 1 N–H and O–H groups in total. The molecule has 0 fully saturated rings. The molecule has 3 aromatic rings. The Hall–Kier alpha value is -3.16. The molecule has 8 heteroatoms. The van der Waals surface area contributed by atoms with Crippen LogP contribution >= 0.6 is 23.2 Å². The van der Waals surface area contributed by atoms with E-state index in [0.717, 1.165) is 40.3 Å². The molecule has 38 heavy (non-hydrogen) atoms. The van der Waals surface area contributed by atoms with Crippen LogP contribution in [0.25, 0.3) is 29.0 Å². The monoisotopic (exact) mass is 552 g/mol. The maximum atomic E-state index is 10.7. The maximum absolute atomic E-state index is 10.7. The number of allylic oxidation sites excluding steroid dienone is 2. The van der Waals surface area contributed by atoms with E-state index in [-0.39, 0.29) is 6.42 Å². The molecule has 1 heterocycles. The molecule has 1 aliphatic rings. The maximum Gasteiger partial charge on any atom is 0.303 e. The van der Waals surface area contributed by atoms with E-state index in [9.17, 15) is 4.79 Å². The highest BCUT2D eigenvalue weighted by molar-refractivity contribution is 6.36. The fourth-order valence-electron chi connectivity index (χ4n) is 4.24. The van der Waals surface area contributed by atoms with Gasteiger partial charge in [0.15, 0.2) is 5.79 Å². The van der Waals surface area contributed by atoms with Gasteiger partial charge in [-0.1, -0.05) is 59.6 Å². The zero-order valence-corrected chi connectivity index (χ0v) is 22.9. The Kier molecular flexibility index (Phi) is 9.23. The Balaban J connectivity index is 1.48. The number of aryl methyl sites for hydroxylation is 1. The topological polar surface area (TPSA) is 73.6 Å².